The zero-order chi connectivity index (χ0) is 14.5. The Hall–Kier alpha value is -2.17. The van der Waals surface area contributed by atoms with Gasteiger partial charge in [0.2, 0.25) is 0 Å². The topological polar surface area (TPSA) is 58.0 Å². The molecule has 5 heteroatoms. The fraction of sp³-hybridized carbons (Fsp3) is 0.333. The number of aryl methyl sites for hydroxylation is 1. The van der Waals surface area contributed by atoms with Crippen LogP contribution in [0.3, 0.4) is 0 Å². The Balaban J connectivity index is 2.48. The van der Waals surface area contributed by atoms with Gasteiger partial charge < -0.3 is 10.4 Å². The van der Waals surface area contributed by atoms with Gasteiger partial charge in [0.25, 0.3) is 0 Å². The van der Waals surface area contributed by atoms with Crippen LogP contribution in [0.2, 0.25) is 0 Å². The minimum absolute atomic E-state index is 0.130. The summed E-state index contributed by atoms with van der Waals surface area (Å²) in [5, 5.41) is 12.6. The second kappa shape index (κ2) is 6.32. The minimum Gasteiger partial charge on any atom is -0.508 e. The predicted molar refractivity (Wildman–Crippen MR) is 77.2 cm³/mol. The summed E-state index contributed by atoms with van der Waals surface area (Å²) in [4.78, 5) is 8.79. The molecule has 0 saturated carbocycles. The summed E-state index contributed by atoms with van der Waals surface area (Å²) >= 11 is 0. The molecule has 0 bridgehead atoms. The van der Waals surface area contributed by atoms with Crippen LogP contribution in [0.25, 0.3) is 11.4 Å². The molecular weight excluding hydrogens is 257 g/mol. The van der Waals surface area contributed by atoms with Crippen LogP contribution in [-0.2, 0) is 6.42 Å². The lowest BCUT2D eigenvalue weighted by Crippen LogP contribution is -2.04. The number of anilines is 1. The van der Waals surface area contributed by atoms with E-state index >= 15 is 0 Å². The van der Waals surface area contributed by atoms with Gasteiger partial charge in [-0.15, -0.1) is 0 Å². The van der Waals surface area contributed by atoms with E-state index in [2.05, 4.69) is 22.2 Å². The Morgan fingerprint density at radius 2 is 1.95 bits per heavy atom. The van der Waals surface area contributed by atoms with Gasteiger partial charge in [0.05, 0.1) is 0 Å². The summed E-state index contributed by atoms with van der Waals surface area (Å²) in [6, 6.07) is 5.74. The van der Waals surface area contributed by atoms with Crippen molar-refractivity contribution in [3.8, 4) is 17.1 Å². The Morgan fingerprint density at radius 1 is 1.15 bits per heavy atom. The highest BCUT2D eigenvalue weighted by Crippen LogP contribution is 2.24. The third-order valence-corrected chi connectivity index (χ3v) is 2.78. The zero-order valence-electron chi connectivity index (χ0n) is 11.7. The van der Waals surface area contributed by atoms with Crippen molar-refractivity contribution in [2.75, 3.05) is 11.9 Å². The van der Waals surface area contributed by atoms with Crippen molar-refractivity contribution in [3.05, 3.63) is 35.8 Å². The van der Waals surface area contributed by atoms with Gasteiger partial charge in [-0.25, -0.2) is 14.4 Å². The highest BCUT2D eigenvalue weighted by Gasteiger charge is 2.09. The zero-order valence-corrected chi connectivity index (χ0v) is 11.7. The van der Waals surface area contributed by atoms with Crippen LogP contribution in [-0.4, -0.2) is 21.6 Å². The molecule has 0 aliphatic rings. The molecule has 4 nitrogen and oxygen atoms in total. The quantitative estimate of drug-likeness (QED) is 0.878. The number of phenols is 1. The van der Waals surface area contributed by atoms with Crippen LogP contribution in [0.5, 0.6) is 5.75 Å². The van der Waals surface area contributed by atoms with Crippen molar-refractivity contribution in [1.82, 2.24) is 9.97 Å². The van der Waals surface area contributed by atoms with Crippen molar-refractivity contribution in [1.29, 1.82) is 0 Å². The van der Waals surface area contributed by atoms with E-state index in [4.69, 9.17) is 0 Å². The predicted octanol–water partition coefficient (Wildman–Crippen LogP) is 3.37. The van der Waals surface area contributed by atoms with Crippen LogP contribution >= 0.6 is 0 Å². The maximum absolute atomic E-state index is 13.4. The van der Waals surface area contributed by atoms with E-state index < -0.39 is 5.82 Å². The monoisotopic (exact) mass is 275 g/mol. The third kappa shape index (κ3) is 3.44. The van der Waals surface area contributed by atoms with Crippen molar-refractivity contribution < 1.29 is 9.50 Å². The van der Waals surface area contributed by atoms with E-state index in [-0.39, 0.29) is 5.75 Å². The Morgan fingerprint density at radius 3 is 2.60 bits per heavy atom. The molecule has 0 aliphatic carbocycles. The molecule has 0 amide bonds. The molecule has 0 aliphatic heterocycles. The Bertz CT molecular complexity index is 557. The molecule has 20 heavy (non-hydrogen) atoms. The number of nitrogens with one attached hydrogen (secondary N) is 1. The van der Waals surface area contributed by atoms with Crippen LogP contribution < -0.4 is 5.32 Å². The van der Waals surface area contributed by atoms with E-state index in [9.17, 15) is 9.50 Å². The highest BCUT2D eigenvalue weighted by atomic mass is 19.1. The number of halogens is 1. The molecule has 1 aromatic carbocycles. The Labute approximate surface area is 117 Å². The van der Waals surface area contributed by atoms with Crippen molar-refractivity contribution in [2.45, 2.75) is 26.7 Å². The van der Waals surface area contributed by atoms with Gasteiger partial charge in [0.1, 0.15) is 17.4 Å². The number of hydrogen-bond donors (Lipinski definition) is 2. The van der Waals surface area contributed by atoms with E-state index in [1.165, 1.54) is 12.1 Å². The second-order valence-electron chi connectivity index (χ2n) is 4.55. The molecule has 0 radical (unpaired) electrons. The normalized spacial score (nSPS) is 10.6. The molecule has 0 spiro atoms. The maximum atomic E-state index is 13.4. The van der Waals surface area contributed by atoms with Gasteiger partial charge in [-0.1, -0.05) is 13.3 Å². The molecule has 0 atom stereocenters. The summed E-state index contributed by atoms with van der Waals surface area (Å²) in [5.74, 6) is 0.496. The molecule has 106 valence electrons. The number of aromatic nitrogens is 2. The van der Waals surface area contributed by atoms with Crippen molar-refractivity contribution in [2.24, 2.45) is 0 Å². The summed E-state index contributed by atoms with van der Waals surface area (Å²) in [6.45, 7) is 4.80. The fourth-order valence-corrected chi connectivity index (χ4v) is 1.99. The Kier molecular flexibility index (Phi) is 4.50. The van der Waals surface area contributed by atoms with E-state index in [1.54, 1.807) is 0 Å². The van der Waals surface area contributed by atoms with Gasteiger partial charge in [0, 0.05) is 29.9 Å². The standard InChI is InChI=1S/C15H18FN3O/c1-3-5-12-9-14(17-4-2)19-15(18-12)10-6-11(16)8-13(20)7-10/h6-9,20H,3-5H2,1-2H3,(H,17,18,19). The van der Waals surface area contributed by atoms with Crippen LogP contribution in [0.1, 0.15) is 26.0 Å². The number of benzene rings is 1. The van der Waals surface area contributed by atoms with Gasteiger partial charge in [-0.2, -0.15) is 0 Å². The van der Waals surface area contributed by atoms with Crippen LogP contribution in [0.15, 0.2) is 24.3 Å². The lowest BCUT2D eigenvalue weighted by atomic mass is 10.1. The lowest BCUT2D eigenvalue weighted by molar-refractivity contribution is 0.469. The van der Waals surface area contributed by atoms with Crippen LogP contribution in [0, 0.1) is 5.82 Å². The first-order chi connectivity index (χ1) is 9.62. The van der Waals surface area contributed by atoms with Gasteiger partial charge in [0.15, 0.2) is 5.82 Å². The first-order valence-electron chi connectivity index (χ1n) is 6.74. The molecule has 0 saturated heterocycles. The number of hydrogen-bond acceptors (Lipinski definition) is 4. The number of phenolic OH excluding ortho intramolecular Hbond substituents is 1. The fourth-order valence-electron chi connectivity index (χ4n) is 1.99. The summed E-state index contributed by atoms with van der Waals surface area (Å²) in [5.41, 5.74) is 1.37. The molecule has 2 rings (SSSR count). The molecule has 1 heterocycles. The van der Waals surface area contributed by atoms with E-state index in [0.29, 0.717) is 17.2 Å². The average Bonchev–Trinajstić information content (AvgIpc) is 2.38. The lowest BCUT2D eigenvalue weighted by Gasteiger charge is -2.09. The van der Waals surface area contributed by atoms with E-state index in [1.807, 2.05) is 13.0 Å². The third-order valence-electron chi connectivity index (χ3n) is 2.78. The van der Waals surface area contributed by atoms with Crippen LogP contribution in [0.4, 0.5) is 10.2 Å². The summed E-state index contributed by atoms with van der Waals surface area (Å²) < 4.78 is 13.4. The highest BCUT2D eigenvalue weighted by molar-refractivity contribution is 5.59. The molecule has 0 fully saturated rings. The van der Waals surface area contributed by atoms with Gasteiger partial charge >= 0.3 is 0 Å². The second-order valence-corrected chi connectivity index (χ2v) is 4.55. The molecule has 2 N–H and O–H groups in total. The average molecular weight is 275 g/mol. The SMILES string of the molecule is CCCc1cc(NCC)nc(-c2cc(O)cc(F)c2)n1. The first-order valence-corrected chi connectivity index (χ1v) is 6.74. The first kappa shape index (κ1) is 14.2. The number of aromatic hydroxyl groups is 1. The minimum atomic E-state index is -0.505. The summed E-state index contributed by atoms with van der Waals surface area (Å²) in [7, 11) is 0. The van der Waals surface area contributed by atoms with E-state index in [0.717, 1.165) is 31.1 Å². The van der Waals surface area contributed by atoms with Gasteiger partial charge in [-0.05, 0) is 25.5 Å². The van der Waals surface area contributed by atoms with Crippen molar-refractivity contribution in [3.63, 3.8) is 0 Å². The number of rotatable bonds is 5. The molecule has 0 unspecified atom stereocenters. The van der Waals surface area contributed by atoms with Gasteiger partial charge in [-0.3, -0.25) is 0 Å². The smallest absolute Gasteiger partial charge is 0.161 e. The largest absolute Gasteiger partial charge is 0.508 e. The summed E-state index contributed by atoms with van der Waals surface area (Å²) in [6.07, 6.45) is 1.80. The molecule has 1 aromatic heterocycles. The van der Waals surface area contributed by atoms with Crippen molar-refractivity contribution >= 4 is 5.82 Å². The number of nitrogens with zero attached hydrogens (tertiary/aromatic N) is 2. The maximum Gasteiger partial charge on any atom is 0.161 e. The molecule has 2 aromatic rings. The molecular formula is C15H18FN3O.